The van der Waals surface area contributed by atoms with Crippen LogP contribution < -0.4 is 5.32 Å². The third-order valence-electron chi connectivity index (χ3n) is 7.39. The van der Waals surface area contributed by atoms with Gasteiger partial charge in [0.2, 0.25) is 5.91 Å². The number of halogens is 1. The molecule has 0 saturated carbocycles. The van der Waals surface area contributed by atoms with Gasteiger partial charge in [0, 0.05) is 72.2 Å². The first-order valence-corrected chi connectivity index (χ1v) is 14.3. The van der Waals surface area contributed by atoms with E-state index in [4.69, 9.17) is 16.6 Å². The number of para-hydroxylation sites is 1. The third-order valence-corrected chi connectivity index (χ3v) is 7.66. The number of nitrogens with zero attached hydrogens (tertiary/aromatic N) is 4. The van der Waals surface area contributed by atoms with Crippen molar-refractivity contribution in [1.29, 1.82) is 0 Å². The summed E-state index contributed by atoms with van der Waals surface area (Å²) in [6.45, 7) is 3.94. The van der Waals surface area contributed by atoms with Gasteiger partial charge < -0.3 is 20.1 Å². The van der Waals surface area contributed by atoms with Crippen LogP contribution >= 0.6 is 11.6 Å². The molecule has 9 heteroatoms. The van der Waals surface area contributed by atoms with Crippen molar-refractivity contribution in [3.8, 4) is 11.3 Å². The molecule has 5 rings (SSSR count). The van der Waals surface area contributed by atoms with Gasteiger partial charge >= 0.3 is 0 Å². The number of likely N-dealkylation sites (N-methyl/N-ethyl adjacent to an activating group) is 1. The summed E-state index contributed by atoms with van der Waals surface area (Å²) in [5.74, 6) is 0.783. The van der Waals surface area contributed by atoms with Crippen LogP contribution in [0.4, 0.5) is 5.69 Å². The van der Waals surface area contributed by atoms with E-state index in [2.05, 4.69) is 21.4 Å². The molecule has 1 saturated heterocycles. The first-order chi connectivity index (χ1) is 19.8. The second kappa shape index (κ2) is 12.7. The van der Waals surface area contributed by atoms with Crippen LogP contribution in [0.5, 0.6) is 0 Å². The monoisotopic (exact) mass is 570 g/mol. The minimum atomic E-state index is -0.190. The van der Waals surface area contributed by atoms with Crippen LogP contribution in [0.25, 0.3) is 22.2 Å². The van der Waals surface area contributed by atoms with Gasteiger partial charge in [0.1, 0.15) is 5.82 Å². The lowest BCUT2D eigenvalue weighted by Crippen LogP contribution is -2.40. The van der Waals surface area contributed by atoms with Gasteiger partial charge in [0.05, 0.1) is 10.7 Å². The molecule has 1 unspecified atom stereocenters. The number of carbonyl (C=O) groups is 2. The standard InChI is InChI=1S/C32H35ClN6O2/c1-21-16-23(12-13-27(21)36-30(40)11-7-14-38(2)3)32(41)39-15-6-8-22(20-39)17-29-35-19-26(33)31(37-29)25-18-34-28-10-5-4-9-24(25)28/h4-5,7,9-13,16,18-19,22,34H,6,8,14-15,17,20H2,1-3H3,(H,36,40)/b11-7+. The van der Waals surface area contributed by atoms with E-state index in [1.165, 1.54) is 6.08 Å². The summed E-state index contributed by atoms with van der Waals surface area (Å²) < 4.78 is 0. The second-order valence-corrected chi connectivity index (χ2v) is 11.3. The van der Waals surface area contributed by atoms with E-state index in [9.17, 15) is 9.59 Å². The lowest BCUT2D eigenvalue weighted by Gasteiger charge is -2.32. The molecule has 2 aromatic carbocycles. The zero-order valence-electron chi connectivity index (χ0n) is 23.7. The van der Waals surface area contributed by atoms with Crippen LogP contribution in [0, 0.1) is 12.8 Å². The number of hydrogen-bond donors (Lipinski definition) is 2. The van der Waals surface area contributed by atoms with Crippen molar-refractivity contribution >= 4 is 40.0 Å². The van der Waals surface area contributed by atoms with Crippen LogP contribution in [-0.4, -0.2) is 70.3 Å². The van der Waals surface area contributed by atoms with Gasteiger partial charge in [-0.3, -0.25) is 9.59 Å². The van der Waals surface area contributed by atoms with E-state index in [0.29, 0.717) is 48.0 Å². The van der Waals surface area contributed by atoms with E-state index >= 15 is 0 Å². The van der Waals surface area contributed by atoms with Crippen LogP contribution in [0.3, 0.4) is 0 Å². The fourth-order valence-electron chi connectivity index (χ4n) is 5.30. The molecule has 1 aliphatic heterocycles. The Balaban J connectivity index is 1.24. The maximum Gasteiger partial charge on any atom is 0.253 e. The van der Waals surface area contributed by atoms with Gasteiger partial charge in [-0.05, 0) is 69.6 Å². The Bertz CT molecular complexity index is 1590. The molecular formula is C32H35ClN6O2. The smallest absolute Gasteiger partial charge is 0.253 e. The summed E-state index contributed by atoms with van der Waals surface area (Å²) >= 11 is 6.53. The number of carbonyl (C=O) groups excluding carboxylic acids is 2. The fourth-order valence-corrected chi connectivity index (χ4v) is 5.49. The van der Waals surface area contributed by atoms with Crippen molar-refractivity contribution in [2.24, 2.45) is 5.92 Å². The van der Waals surface area contributed by atoms with Crippen LogP contribution in [0.2, 0.25) is 5.02 Å². The summed E-state index contributed by atoms with van der Waals surface area (Å²) in [6.07, 6.45) is 9.54. The highest BCUT2D eigenvalue weighted by atomic mass is 35.5. The molecule has 8 nitrogen and oxygen atoms in total. The highest BCUT2D eigenvalue weighted by Crippen LogP contribution is 2.32. The lowest BCUT2D eigenvalue weighted by atomic mass is 9.93. The van der Waals surface area contributed by atoms with Gasteiger partial charge in [-0.15, -0.1) is 0 Å². The topological polar surface area (TPSA) is 94.2 Å². The number of aromatic amines is 1. The second-order valence-electron chi connectivity index (χ2n) is 10.9. The minimum absolute atomic E-state index is 0.00179. The van der Waals surface area contributed by atoms with Crippen molar-refractivity contribution in [1.82, 2.24) is 24.8 Å². The first-order valence-electron chi connectivity index (χ1n) is 13.9. The van der Waals surface area contributed by atoms with Gasteiger partial charge in [0.25, 0.3) is 5.91 Å². The molecule has 2 aromatic heterocycles. The van der Waals surface area contributed by atoms with Crippen LogP contribution in [0.1, 0.15) is 34.6 Å². The maximum atomic E-state index is 13.4. The lowest BCUT2D eigenvalue weighted by molar-refractivity contribution is -0.111. The Hall–Kier alpha value is -4.01. The summed E-state index contributed by atoms with van der Waals surface area (Å²) in [4.78, 5) is 42.2. The molecule has 41 heavy (non-hydrogen) atoms. The number of aryl methyl sites for hydroxylation is 1. The molecule has 1 aliphatic rings. The summed E-state index contributed by atoms with van der Waals surface area (Å²) in [5.41, 5.74) is 4.86. The molecular weight excluding hydrogens is 536 g/mol. The van der Waals surface area contributed by atoms with E-state index in [-0.39, 0.29) is 17.7 Å². The average Bonchev–Trinajstić information content (AvgIpc) is 3.39. The molecule has 0 radical (unpaired) electrons. The summed E-state index contributed by atoms with van der Waals surface area (Å²) in [5, 5.41) is 4.48. The molecule has 2 N–H and O–H groups in total. The van der Waals surface area contributed by atoms with E-state index in [0.717, 1.165) is 40.7 Å². The Labute approximate surface area is 245 Å². The Kier molecular flexibility index (Phi) is 8.81. The normalized spacial score (nSPS) is 15.6. The zero-order chi connectivity index (χ0) is 28.9. The number of H-pyrrole nitrogens is 1. The number of aromatic nitrogens is 3. The van der Waals surface area contributed by atoms with Gasteiger partial charge in [-0.25, -0.2) is 9.97 Å². The summed E-state index contributed by atoms with van der Waals surface area (Å²) in [7, 11) is 3.89. The third kappa shape index (κ3) is 6.84. The average molecular weight is 571 g/mol. The van der Waals surface area contributed by atoms with Crippen molar-refractivity contribution in [3.63, 3.8) is 0 Å². The number of piperidine rings is 1. The van der Waals surface area contributed by atoms with E-state index in [1.54, 1.807) is 18.3 Å². The van der Waals surface area contributed by atoms with Crippen molar-refractivity contribution < 1.29 is 9.59 Å². The molecule has 2 amide bonds. The summed E-state index contributed by atoms with van der Waals surface area (Å²) in [6, 6.07) is 13.5. The highest BCUT2D eigenvalue weighted by molar-refractivity contribution is 6.33. The van der Waals surface area contributed by atoms with E-state index in [1.807, 2.05) is 67.4 Å². The number of amides is 2. The van der Waals surface area contributed by atoms with Crippen molar-refractivity contribution in [3.05, 3.63) is 89.0 Å². The molecule has 0 bridgehead atoms. The van der Waals surface area contributed by atoms with Gasteiger partial charge in [-0.2, -0.15) is 0 Å². The number of rotatable bonds is 8. The molecule has 1 atom stereocenters. The number of benzene rings is 2. The number of hydrogen-bond acceptors (Lipinski definition) is 5. The largest absolute Gasteiger partial charge is 0.360 e. The Morgan fingerprint density at radius 2 is 2.05 bits per heavy atom. The van der Waals surface area contributed by atoms with Crippen LogP contribution in [0.15, 0.2) is 67.0 Å². The predicted octanol–water partition coefficient (Wildman–Crippen LogP) is 5.74. The molecule has 212 valence electrons. The molecule has 0 spiro atoms. The number of nitrogens with one attached hydrogen (secondary N) is 2. The minimum Gasteiger partial charge on any atom is -0.360 e. The van der Waals surface area contributed by atoms with Gasteiger partial charge in [-0.1, -0.05) is 35.9 Å². The molecule has 3 heterocycles. The number of likely N-dealkylation sites (tertiary alicyclic amines) is 1. The maximum absolute atomic E-state index is 13.4. The highest BCUT2D eigenvalue weighted by Gasteiger charge is 2.26. The number of fused-ring (bicyclic) bond motifs is 1. The van der Waals surface area contributed by atoms with Crippen molar-refractivity contribution in [2.75, 3.05) is 39.0 Å². The predicted molar refractivity (Wildman–Crippen MR) is 164 cm³/mol. The number of anilines is 1. The Morgan fingerprint density at radius 3 is 2.85 bits per heavy atom. The fraction of sp³-hybridized carbons (Fsp3) is 0.312. The van der Waals surface area contributed by atoms with Crippen LogP contribution in [-0.2, 0) is 11.2 Å². The Morgan fingerprint density at radius 1 is 1.22 bits per heavy atom. The first kappa shape index (κ1) is 28.5. The van der Waals surface area contributed by atoms with Crippen molar-refractivity contribution in [2.45, 2.75) is 26.2 Å². The zero-order valence-corrected chi connectivity index (χ0v) is 24.4. The van der Waals surface area contributed by atoms with Gasteiger partial charge in [0.15, 0.2) is 0 Å². The SMILES string of the molecule is Cc1cc(C(=O)N2CCCC(Cc3ncc(Cl)c(-c4c[nH]c5ccccc45)n3)C2)ccc1NC(=O)/C=C/CN(C)C. The van der Waals surface area contributed by atoms with E-state index < -0.39 is 0 Å². The molecule has 4 aromatic rings. The quantitative estimate of drug-likeness (QED) is 0.264. The molecule has 1 fully saturated rings. The molecule has 0 aliphatic carbocycles.